The fourth-order valence-electron chi connectivity index (χ4n) is 2.51. The summed E-state index contributed by atoms with van der Waals surface area (Å²) in [7, 11) is 0. The van der Waals surface area contributed by atoms with Crippen LogP contribution in [0.1, 0.15) is 6.42 Å². The molecule has 0 saturated carbocycles. The Morgan fingerprint density at radius 3 is 2.67 bits per heavy atom. The van der Waals surface area contributed by atoms with E-state index in [1.807, 2.05) is 4.90 Å². The van der Waals surface area contributed by atoms with Gasteiger partial charge in [0.25, 0.3) is 5.56 Å². The van der Waals surface area contributed by atoms with Crippen molar-refractivity contribution >= 4 is 11.8 Å². The molecule has 0 aliphatic carbocycles. The largest absolute Gasteiger partial charge is 0.408 e. The Labute approximate surface area is 118 Å². The molecule has 1 atom stereocenters. The van der Waals surface area contributed by atoms with Crippen molar-refractivity contribution in [1.29, 1.82) is 0 Å². The lowest BCUT2D eigenvalue weighted by Gasteiger charge is -2.31. The van der Waals surface area contributed by atoms with Crippen LogP contribution in [0.2, 0.25) is 0 Å². The molecule has 0 aromatic carbocycles. The van der Waals surface area contributed by atoms with Crippen LogP contribution in [-0.4, -0.2) is 48.1 Å². The highest BCUT2D eigenvalue weighted by molar-refractivity contribution is 5.45. The molecule has 0 unspecified atom stereocenters. The van der Waals surface area contributed by atoms with Gasteiger partial charge in [-0.15, -0.1) is 0 Å². The Morgan fingerprint density at radius 1 is 1.29 bits per heavy atom. The predicted octanol–water partition coefficient (Wildman–Crippen LogP) is 0.826. The molecule has 0 bridgehead atoms. The lowest BCUT2D eigenvalue weighted by molar-refractivity contribution is -0.145. The van der Waals surface area contributed by atoms with E-state index in [1.54, 1.807) is 0 Å². The highest BCUT2D eigenvalue weighted by Crippen LogP contribution is 2.29. The van der Waals surface area contributed by atoms with Gasteiger partial charge in [0.15, 0.2) is 0 Å². The van der Waals surface area contributed by atoms with Gasteiger partial charge >= 0.3 is 6.18 Å². The van der Waals surface area contributed by atoms with Crippen molar-refractivity contribution in [1.82, 2.24) is 9.55 Å². The van der Waals surface area contributed by atoms with E-state index in [9.17, 15) is 18.0 Å². The van der Waals surface area contributed by atoms with E-state index < -0.39 is 12.2 Å². The fourth-order valence-corrected chi connectivity index (χ4v) is 2.51. The fraction of sp³-hybridized carbons (Fsp3) is 0.667. The van der Waals surface area contributed by atoms with E-state index in [0.29, 0.717) is 32.1 Å². The van der Waals surface area contributed by atoms with Crippen LogP contribution in [-0.2, 0) is 11.3 Å². The average Bonchev–Trinajstić information content (AvgIpc) is 2.46. The number of anilines is 2. The molecule has 21 heavy (non-hydrogen) atoms. The van der Waals surface area contributed by atoms with Crippen molar-refractivity contribution in [3.05, 3.63) is 16.4 Å². The number of halogens is 3. The van der Waals surface area contributed by atoms with Crippen molar-refractivity contribution in [2.45, 2.75) is 25.2 Å². The summed E-state index contributed by atoms with van der Waals surface area (Å²) in [6, 6.07) is -0.297. The molecule has 1 aromatic heterocycles. The van der Waals surface area contributed by atoms with Crippen molar-refractivity contribution < 1.29 is 17.9 Å². The van der Waals surface area contributed by atoms with Crippen LogP contribution in [0.3, 0.4) is 0 Å². The smallest absolute Gasteiger partial charge is 0.378 e. The average molecular weight is 304 g/mol. The minimum Gasteiger partial charge on any atom is -0.378 e. The highest BCUT2D eigenvalue weighted by Gasteiger charge is 2.42. The van der Waals surface area contributed by atoms with E-state index >= 15 is 0 Å². The molecule has 0 spiro atoms. The summed E-state index contributed by atoms with van der Waals surface area (Å²) in [5, 5.41) is 2.33. The third-order valence-corrected chi connectivity index (χ3v) is 3.67. The summed E-state index contributed by atoms with van der Waals surface area (Å²) in [5.41, 5.74) is -0.338. The molecular weight excluding hydrogens is 289 g/mol. The van der Waals surface area contributed by atoms with Gasteiger partial charge in [0, 0.05) is 25.7 Å². The molecule has 0 amide bonds. The minimum atomic E-state index is -4.35. The third-order valence-electron chi connectivity index (χ3n) is 3.67. The molecule has 2 aliphatic rings. The first-order chi connectivity index (χ1) is 9.95. The molecule has 9 heteroatoms. The zero-order chi connectivity index (χ0) is 15.0. The van der Waals surface area contributed by atoms with Gasteiger partial charge in [-0.05, 0) is 6.42 Å². The Bertz CT molecular complexity index is 581. The SMILES string of the molecule is O=c1cc(N2CCOCC2)nc2n1CC[C@H](C(F)(F)F)N2. The van der Waals surface area contributed by atoms with Gasteiger partial charge < -0.3 is 15.0 Å². The van der Waals surface area contributed by atoms with Crippen LogP contribution < -0.4 is 15.8 Å². The molecule has 1 fully saturated rings. The predicted molar refractivity (Wildman–Crippen MR) is 69.6 cm³/mol. The normalized spacial score (nSPS) is 22.6. The maximum absolute atomic E-state index is 12.8. The molecule has 2 aliphatic heterocycles. The van der Waals surface area contributed by atoms with Gasteiger partial charge in [-0.1, -0.05) is 0 Å². The summed E-state index contributed by atoms with van der Waals surface area (Å²) in [5.74, 6) is 0.377. The molecule has 1 saturated heterocycles. The topological polar surface area (TPSA) is 59.4 Å². The summed E-state index contributed by atoms with van der Waals surface area (Å²) in [6.45, 7) is 2.18. The van der Waals surface area contributed by atoms with Gasteiger partial charge in [-0.3, -0.25) is 9.36 Å². The second-order valence-electron chi connectivity index (χ2n) is 5.05. The van der Waals surface area contributed by atoms with Crippen LogP contribution in [0.25, 0.3) is 0 Å². The number of fused-ring (bicyclic) bond motifs is 1. The molecule has 1 N–H and O–H groups in total. The van der Waals surface area contributed by atoms with Gasteiger partial charge in [0.05, 0.1) is 13.2 Å². The highest BCUT2D eigenvalue weighted by atomic mass is 19.4. The molecule has 1 aromatic rings. The molecular formula is C12H15F3N4O2. The van der Waals surface area contributed by atoms with Crippen LogP contribution in [0.15, 0.2) is 10.9 Å². The Morgan fingerprint density at radius 2 is 2.00 bits per heavy atom. The zero-order valence-electron chi connectivity index (χ0n) is 11.2. The summed E-state index contributed by atoms with van der Waals surface area (Å²) < 4.78 is 44.8. The molecule has 3 heterocycles. The van der Waals surface area contributed by atoms with E-state index in [2.05, 4.69) is 10.3 Å². The number of nitrogens with one attached hydrogen (secondary N) is 1. The molecule has 6 nitrogen and oxygen atoms in total. The standard InChI is InChI=1S/C12H15F3N4O2/c13-12(14,15)8-1-2-19-10(20)7-9(17-11(19)16-8)18-3-5-21-6-4-18/h7-8H,1-6H2,(H,16,17)/t8-/m1/s1. The molecule has 116 valence electrons. The number of hydrogen-bond acceptors (Lipinski definition) is 5. The number of nitrogens with zero attached hydrogens (tertiary/aromatic N) is 3. The number of ether oxygens (including phenoxy) is 1. The van der Waals surface area contributed by atoms with Crippen LogP contribution in [0.4, 0.5) is 24.9 Å². The molecule has 0 radical (unpaired) electrons. The Kier molecular flexibility index (Phi) is 3.52. The lowest BCUT2D eigenvalue weighted by atomic mass is 10.1. The first-order valence-corrected chi connectivity index (χ1v) is 6.73. The van der Waals surface area contributed by atoms with Crippen molar-refractivity contribution in [3.63, 3.8) is 0 Å². The van der Waals surface area contributed by atoms with Gasteiger partial charge in [0.1, 0.15) is 11.9 Å². The Hall–Kier alpha value is -1.77. The molecule has 3 rings (SSSR count). The number of alkyl halides is 3. The van der Waals surface area contributed by atoms with Crippen LogP contribution >= 0.6 is 0 Å². The van der Waals surface area contributed by atoms with E-state index in [1.165, 1.54) is 10.6 Å². The van der Waals surface area contributed by atoms with Crippen LogP contribution in [0, 0.1) is 0 Å². The quantitative estimate of drug-likeness (QED) is 0.832. The van der Waals surface area contributed by atoms with Gasteiger partial charge in [-0.25, -0.2) is 0 Å². The number of hydrogen-bond donors (Lipinski definition) is 1. The summed E-state index contributed by atoms with van der Waals surface area (Å²) >= 11 is 0. The third kappa shape index (κ3) is 2.82. The monoisotopic (exact) mass is 304 g/mol. The number of morpholine rings is 1. The number of aromatic nitrogens is 2. The van der Waals surface area contributed by atoms with Crippen molar-refractivity contribution in [2.75, 3.05) is 36.5 Å². The van der Waals surface area contributed by atoms with Gasteiger partial charge in [0.2, 0.25) is 5.95 Å². The second-order valence-corrected chi connectivity index (χ2v) is 5.05. The van der Waals surface area contributed by atoms with E-state index in [0.717, 1.165) is 0 Å². The lowest BCUT2D eigenvalue weighted by Crippen LogP contribution is -2.45. The maximum atomic E-state index is 12.8. The second kappa shape index (κ2) is 5.21. The first-order valence-electron chi connectivity index (χ1n) is 6.73. The van der Waals surface area contributed by atoms with Crippen molar-refractivity contribution in [3.8, 4) is 0 Å². The van der Waals surface area contributed by atoms with E-state index in [4.69, 9.17) is 4.74 Å². The van der Waals surface area contributed by atoms with E-state index in [-0.39, 0.29) is 24.5 Å². The number of rotatable bonds is 1. The summed E-state index contributed by atoms with van der Waals surface area (Å²) in [6.07, 6.45) is -4.52. The first kappa shape index (κ1) is 14.2. The maximum Gasteiger partial charge on any atom is 0.408 e. The zero-order valence-corrected chi connectivity index (χ0v) is 11.2. The minimum absolute atomic E-state index is 0.0156. The Balaban J connectivity index is 1.90. The van der Waals surface area contributed by atoms with Crippen LogP contribution in [0.5, 0.6) is 0 Å². The summed E-state index contributed by atoms with van der Waals surface area (Å²) in [4.78, 5) is 18.0. The van der Waals surface area contributed by atoms with Gasteiger partial charge in [-0.2, -0.15) is 18.2 Å². The van der Waals surface area contributed by atoms with Crippen molar-refractivity contribution in [2.24, 2.45) is 0 Å².